The fourth-order valence-electron chi connectivity index (χ4n) is 3.21. The van der Waals surface area contributed by atoms with Gasteiger partial charge in [0, 0.05) is 5.69 Å². The van der Waals surface area contributed by atoms with Gasteiger partial charge in [-0.15, -0.1) is 0 Å². The molecule has 1 heterocycles. The van der Waals surface area contributed by atoms with Gasteiger partial charge in [-0.05, 0) is 72.6 Å². The zero-order valence-corrected chi connectivity index (χ0v) is 19.0. The number of nitrogens with zero attached hydrogens (tertiary/aromatic N) is 1. The zero-order valence-electron chi connectivity index (χ0n) is 18.2. The van der Waals surface area contributed by atoms with Crippen molar-refractivity contribution in [3.05, 3.63) is 58.0 Å². The molecule has 0 radical (unpaired) electrons. The van der Waals surface area contributed by atoms with Crippen LogP contribution in [0.1, 0.15) is 16.7 Å². The second-order valence-electron chi connectivity index (χ2n) is 7.29. The molecule has 1 aliphatic heterocycles. The van der Waals surface area contributed by atoms with Crippen LogP contribution in [-0.4, -0.2) is 53.3 Å². The van der Waals surface area contributed by atoms with Crippen molar-refractivity contribution in [1.29, 1.82) is 0 Å². The van der Waals surface area contributed by atoms with Crippen molar-refractivity contribution >= 4 is 46.5 Å². The number of thioether (sulfide) groups is 1. The third kappa shape index (κ3) is 6.13. The van der Waals surface area contributed by atoms with E-state index in [4.69, 9.17) is 14.6 Å². The van der Waals surface area contributed by atoms with E-state index in [-0.39, 0.29) is 16.4 Å². The van der Waals surface area contributed by atoms with Gasteiger partial charge in [0.15, 0.2) is 18.1 Å². The SMILES string of the molecule is COc1cc(/C=C2/SC(=O)N(CC(=O)Nc3cc(C)cc(C)c3)C2=O)ccc1OCC(=O)O. The average molecular weight is 471 g/mol. The van der Waals surface area contributed by atoms with E-state index in [1.807, 2.05) is 19.9 Å². The van der Waals surface area contributed by atoms with Gasteiger partial charge in [0.25, 0.3) is 11.1 Å². The Bertz CT molecular complexity index is 1140. The van der Waals surface area contributed by atoms with Gasteiger partial charge in [0.1, 0.15) is 6.54 Å². The molecule has 0 aliphatic carbocycles. The first-order valence-corrected chi connectivity index (χ1v) is 10.6. The lowest BCUT2D eigenvalue weighted by Gasteiger charge is -2.13. The molecule has 0 atom stereocenters. The number of hydrogen-bond donors (Lipinski definition) is 2. The van der Waals surface area contributed by atoms with Gasteiger partial charge in [-0.25, -0.2) is 4.79 Å². The molecule has 3 amide bonds. The molecule has 0 spiro atoms. The number of aliphatic carboxylic acids is 1. The Labute approximate surface area is 194 Å². The lowest BCUT2D eigenvalue weighted by atomic mass is 10.1. The van der Waals surface area contributed by atoms with Crippen molar-refractivity contribution in [2.24, 2.45) is 0 Å². The molecule has 2 aromatic carbocycles. The smallest absolute Gasteiger partial charge is 0.341 e. The third-order valence-corrected chi connectivity index (χ3v) is 5.42. The van der Waals surface area contributed by atoms with Crippen molar-refractivity contribution in [3.63, 3.8) is 0 Å². The number of nitrogens with one attached hydrogen (secondary N) is 1. The van der Waals surface area contributed by atoms with Crippen LogP contribution in [0.3, 0.4) is 0 Å². The monoisotopic (exact) mass is 470 g/mol. The van der Waals surface area contributed by atoms with Crippen LogP contribution in [0.15, 0.2) is 41.3 Å². The van der Waals surface area contributed by atoms with Crippen LogP contribution in [0.25, 0.3) is 6.08 Å². The molecule has 2 aromatic rings. The largest absolute Gasteiger partial charge is 0.493 e. The van der Waals surface area contributed by atoms with Crippen molar-refractivity contribution in [1.82, 2.24) is 4.90 Å². The van der Waals surface area contributed by atoms with Gasteiger partial charge in [-0.3, -0.25) is 19.3 Å². The zero-order chi connectivity index (χ0) is 24.1. The van der Waals surface area contributed by atoms with Crippen molar-refractivity contribution in [2.75, 3.05) is 25.6 Å². The highest BCUT2D eigenvalue weighted by Crippen LogP contribution is 2.34. The number of amides is 3. The number of aryl methyl sites for hydroxylation is 2. The first-order valence-electron chi connectivity index (χ1n) is 9.82. The van der Waals surface area contributed by atoms with Crippen molar-refractivity contribution in [3.8, 4) is 11.5 Å². The Morgan fingerprint density at radius 2 is 1.79 bits per heavy atom. The Hall–Kier alpha value is -3.79. The van der Waals surface area contributed by atoms with Gasteiger partial charge < -0.3 is 19.9 Å². The Morgan fingerprint density at radius 3 is 2.42 bits per heavy atom. The molecule has 0 unspecified atom stereocenters. The average Bonchev–Trinajstić information content (AvgIpc) is 2.99. The molecule has 33 heavy (non-hydrogen) atoms. The first-order chi connectivity index (χ1) is 15.7. The van der Waals surface area contributed by atoms with E-state index < -0.39 is 36.2 Å². The predicted octanol–water partition coefficient (Wildman–Crippen LogP) is 3.45. The van der Waals surface area contributed by atoms with E-state index in [9.17, 15) is 19.2 Å². The Morgan fingerprint density at radius 1 is 1.09 bits per heavy atom. The van der Waals surface area contributed by atoms with E-state index >= 15 is 0 Å². The molecule has 0 aromatic heterocycles. The van der Waals surface area contributed by atoms with Crippen LogP contribution in [0.5, 0.6) is 11.5 Å². The number of anilines is 1. The number of methoxy groups -OCH3 is 1. The Kier molecular flexibility index (Phi) is 7.39. The van der Waals surface area contributed by atoms with Gasteiger partial charge >= 0.3 is 5.97 Å². The molecule has 9 nitrogen and oxygen atoms in total. The molecule has 0 saturated carbocycles. The topological polar surface area (TPSA) is 122 Å². The molecular weight excluding hydrogens is 448 g/mol. The molecule has 172 valence electrons. The molecule has 1 fully saturated rings. The summed E-state index contributed by atoms with van der Waals surface area (Å²) in [5.41, 5.74) is 3.10. The maximum absolute atomic E-state index is 12.7. The summed E-state index contributed by atoms with van der Waals surface area (Å²) in [5, 5.41) is 10.9. The summed E-state index contributed by atoms with van der Waals surface area (Å²) in [6.07, 6.45) is 1.50. The minimum absolute atomic E-state index is 0.153. The summed E-state index contributed by atoms with van der Waals surface area (Å²) >= 11 is 0.730. The fourth-order valence-corrected chi connectivity index (χ4v) is 4.05. The third-order valence-electron chi connectivity index (χ3n) is 4.52. The highest BCUT2D eigenvalue weighted by atomic mass is 32.2. The summed E-state index contributed by atoms with van der Waals surface area (Å²) in [7, 11) is 1.40. The second-order valence-corrected chi connectivity index (χ2v) is 8.28. The van der Waals surface area contributed by atoms with Crippen LogP contribution in [0, 0.1) is 13.8 Å². The van der Waals surface area contributed by atoms with Crippen molar-refractivity contribution < 1.29 is 33.8 Å². The Balaban J connectivity index is 1.71. The molecule has 2 N–H and O–H groups in total. The minimum atomic E-state index is -1.13. The maximum Gasteiger partial charge on any atom is 0.341 e. The standard InChI is InChI=1S/C23H22N2O7S/c1-13-6-14(2)8-16(7-13)24-20(26)11-25-22(29)19(33-23(25)30)10-15-4-5-17(18(9-15)31-3)32-12-21(27)28/h4-10H,11-12H2,1-3H3,(H,24,26)(H,27,28)/b19-10+. The normalized spacial score (nSPS) is 14.5. The number of carboxylic acid groups (broad SMARTS) is 1. The van der Waals surface area contributed by atoms with Gasteiger partial charge in [0.2, 0.25) is 5.91 Å². The van der Waals surface area contributed by atoms with Gasteiger partial charge in [0.05, 0.1) is 12.0 Å². The summed E-state index contributed by atoms with van der Waals surface area (Å²) in [4.78, 5) is 49.2. The van der Waals surface area contributed by atoms with Gasteiger partial charge in [-0.1, -0.05) is 12.1 Å². The lowest BCUT2D eigenvalue weighted by Crippen LogP contribution is -2.36. The van der Waals surface area contributed by atoms with E-state index in [0.29, 0.717) is 11.3 Å². The number of imide groups is 1. The molecule has 1 aliphatic rings. The quantitative estimate of drug-likeness (QED) is 0.563. The number of hydrogen-bond acceptors (Lipinski definition) is 7. The number of ether oxygens (including phenoxy) is 2. The van der Waals surface area contributed by atoms with E-state index in [2.05, 4.69) is 5.32 Å². The number of carboxylic acids is 1. The van der Waals surface area contributed by atoms with E-state index in [0.717, 1.165) is 27.8 Å². The highest BCUT2D eigenvalue weighted by molar-refractivity contribution is 8.18. The van der Waals surface area contributed by atoms with Crippen LogP contribution in [0.2, 0.25) is 0 Å². The second kappa shape index (κ2) is 10.2. The highest BCUT2D eigenvalue weighted by Gasteiger charge is 2.36. The van der Waals surface area contributed by atoms with Crippen LogP contribution < -0.4 is 14.8 Å². The maximum atomic E-state index is 12.7. The summed E-state index contributed by atoms with van der Waals surface area (Å²) in [5.74, 6) is -1.68. The lowest BCUT2D eigenvalue weighted by molar-refractivity contribution is -0.139. The number of benzene rings is 2. The molecule has 10 heteroatoms. The van der Waals surface area contributed by atoms with Crippen LogP contribution >= 0.6 is 11.8 Å². The van der Waals surface area contributed by atoms with Gasteiger partial charge in [-0.2, -0.15) is 0 Å². The molecular formula is C23H22N2O7S. The van der Waals surface area contributed by atoms with E-state index in [1.165, 1.54) is 19.3 Å². The number of carbonyl (C=O) groups is 4. The summed E-state index contributed by atoms with van der Waals surface area (Å²) < 4.78 is 10.4. The predicted molar refractivity (Wildman–Crippen MR) is 123 cm³/mol. The van der Waals surface area contributed by atoms with Crippen LogP contribution in [-0.2, 0) is 14.4 Å². The molecule has 0 bridgehead atoms. The summed E-state index contributed by atoms with van der Waals surface area (Å²) in [6.45, 7) is 2.88. The first kappa shape index (κ1) is 23.9. The van der Waals surface area contributed by atoms with E-state index in [1.54, 1.807) is 24.3 Å². The number of rotatable bonds is 8. The molecule has 1 saturated heterocycles. The van der Waals surface area contributed by atoms with Crippen LogP contribution in [0.4, 0.5) is 10.5 Å². The number of carbonyl (C=O) groups excluding carboxylic acids is 3. The summed E-state index contributed by atoms with van der Waals surface area (Å²) in [6, 6.07) is 10.2. The van der Waals surface area contributed by atoms with Crippen molar-refractivity contribution in [2.45, 2.75) is 13.8 Å². The fraction of sp³-hybridized carbons (Fsp3) is 0.217. The molecule has 3 rings (SSSR count). The minimum Gasteiger partial charge on any atom is -0.493 e.